The highest BCUT2D eigenvalue weighted by Crippen LogP contribution is 2.50. The maximum absolute atomic E-state index is 12.3. The van der Waals surface area contributed by atoms with Gasteiger partial charge in [0.05, 0.1) is 6.61 Å². The SMILES string of the molecule is CC[C@]12COC([C@H](n3ccc(N)nc3=O)O1)[C@@H]2O[Si](C)(C)C(C)(C)C. The molecule has 3 rings (SSSR count). The summed E-state index contributed by atoms with van der Waals surface area (Å²) in [5, 5.41) is 0.0824. The molecular weight excluding hydrogens is 338 g/mol. The van der Waals surface area contributed by atoms with Gasteiger partial charge in [-0.1, -0.05) is 27.7 Å². The van der Waals surface area contributed by atoms with Gasteiger partial charge in [-0.2, -0.15) is 4.98 Å². The molecule has 0 saturated carbocycles. The molecule has 4 atom stereocenters. The van der Waals surface area contributed by atoms with Crippen LogP contribution in [0.3, 0.4) is 0 Å². The molecule has 0 aromatic carbocycles. The van der Waals surface area contributed by atoms with Crippen molar-refractivity contribution in [3.8, 4) is 0 Å². The van der Waals surface area contributed by atoms with Gasteiger partial charge in [-0.05, 0) is 30.6 Å². The summed E-state index contributed by atoms with van der Waals surface area (Å²) >= 11 is 0. The first-order valence-electron chi connectivity index (χ1n) is 8.83. The van der Waals surface area contributed by atoms with Crippen molar-refractivity contribution >= 4 is 14.1 Å². The third kappa shape index (κ3) is 2.95. The second-order valence-corrected chi connectivity index (χ2v) is 13.3. The molecule has 7 nitrogen and oxygen atoms in total. The number of nitrogen functional groups attached to an aromatic ring is 1. The lowest BCUT2D eigenvalue weighted by Crippen LogP contribution is -2.51. The topological polar surface area (TPSA) is 88.6 Å². The van der Waals surface area contributed by atoms with Gasteiger partial charge in [0.2, 0.25) is 0 Å². The fraction of sp³-hybridized carbons (Fsp3) is 0.765. The first-order valence-corrected chi connectivity index (χ1v) is 11.7. The number of anilines is 1. The van der Waals surface area contributed by atoms with Crippen LogP contribution < -0.4 is 11.4 Å². The Balaban J connectivity index is 1.94. The van der Waals surface area contributed by atoms with E-state index in [9.17, 15) is 4.79 Å². The zero-order valence-electron chi connectivity index (χ0n) is 15.9. The van der Waals surface area contributed by atoms with Crippen LogP contribution in [0.2, 0.25) is 18.1 Å². The van der Waals surface area contributed by atoms with E-state index in [1.54, 1.807) is 12.3 Å². The fourth-order valence-electron chi connectivity index (χ4n) is 3.24. The lowest BCUT2D eigenvalue weighted by Gasteiger charge is -2.40. The van der Waals surface area contributed by atoms with Crippen molar-refractivity contribution < 1.29 is 13.9 Å². The van der Waals surface area contributed by atoms with Gasteiger partial charge in [-0.25, -0.2) is 4.79 Å². The number of nitrogens with zero attached hydrogens (tertiary/aromatic N) is 2. The van der Waals surface area contributed by atoms with E-state index in [1.165, 1.54) is 4.57 Å². The molecule has 1 aromatic heterocycles. The number of fused-ring (bicyclic) bond motifs is 2. The lowest BCUT2D eigenvalue weighted by atomic mass is 9.96. The van der Waals surface area contributed by atoms with E-state index in [-0.39, 0.29) is 23.1 Å². The lowest BCUT2D eigenvalue weighted by molar-refractivity contribution is -0.175. The standard InChI is InChI=1S/C17H29N3O4Si/c1-7-17-10-22-12(13(17)24-25(5,6)16(2,3)4)14(23-17)20-9-8-11(18)19-15(20)21/h8-9,12-14H,7,10H2,1-6H3,(H2,18,19,21)/t12?,13-,14+,17+/m0/s1. The van der Waals surface area contributed by atoms with Crippen LogP contribution in [0.25, 0.3) is 0 Å². The van der Waals surface area contributed by atoms with E-state index < -0.39 is 25.8 Å². The Labute approximate surface area is 149 Å². The summed E-state index contributed by atoms with van der Waals surface area (Å²) in [6.45, 7) is 13.6. The molecule has 2 aliphatic rings. The van der Waals surface area contributed by atoms with E-state index in [1.807, 2.05) is 0 Å². The summed E-state index contributed by atoms with van der Waals surface area (Å²) in [6, 6.07) is 1.60. The molecule has 8 heteroatoms. The van der Waals surface area contributed by atoms with Crippen molar-refractivity contribution in [3.63, 3.8) is 0 Å². The molecule has 1 unspecified atom stereocenters. The van der Waals surface area contributed by atoms with Crippen LogP contribution in [0.15, 0.2) is 17.1 Å². The smallest absolute Gasteiger partial charge is 0.351 e. The van der Waals surface area contributed by atoms with Crippen molar-refractivity contribution in [3.05, 3.63) is 22.7 Å². The Morgan fingerprint density at radius 3 is 2.72 bits per heavy atom. The molecule has 0 aliphatic carbocycles. The monoisotopic (exact) mass is 367 g/mol. The van der Waals surface area contributed by atoms with Crippen LogP contribution in [0, 0.1) is 0 Å². The molecule has 2 N–H and O–H groups in total. The summed E-state index contributed by atoms with van der Waals surface area (Å²) in [4.78, 5) is 16.1. The number of hydrogen-bond donors (Lipinski definition) is 1. The molecule has 2 saturated heterocycles. The summed E-state index contributed by atoms with van der Waals surface area (Å²) in [7, 11) is -2.01. The van der Waals surface area contributed by atoms with Crippen LogP contribution in [-0.4, -0.2) is 42.3 Å². The van der Waals surface area contributed by atoms with Crippen molar-refractivity contribution in [1.82, 2.24) is 9.55 Å². The average molecular weight is 368 g/mol. The molecule has 25 heavy (non-hydrogen) atoms. The minimum absolute atomic E-state index is 0.0824. The van der Waals surface area contributed by atoms with E-state index in [0.717, 1.165) is 6.42 Å². The minimum Gasteiger partial charge on any atom is -0.408 e. The third-order valence-electron chi connectivity index (χ3n) is 5.93. The van der Waals surface area contributed by atoms with Crippen LogP contribution in [-0.2, 0) is 13.9 Å². The molecule has 3 heterocycles. The largest absolute Gasteiger partial charge is 0.408 e. The second-order valence-electron chi connectivity index (χ2n) is 8.54. The Morgan fingerprint density at radius 1 is 1.48 bits per heavy atom. The predicted octanol–water partition coefficient (Wildman–Crippen LogP) is 2.29. The summed E-state index contributed by atoms with van der Waals surface area (Å²) in [6.07, 6.45) is 1.33. The van der Waals surface area contributed by atoms with Gasteiger partial charge in [-0.3, -0.25) is 4.57 Å². The number of ether oxygens (including phenoxy) is 2. The highest BCUT2D eigenvalue weighted by molar-refractivity contribution is 6.74. The van der Waals surface area contributed by atoms with E-state index >= 15 is 0 Å². The van der Waals surface area contributed by atoms with Crippen molar-refractivity contribution in [1.29, 1.82) is 0 Å². The second kappa shape index (κ2) is 5.90. The average Bonchev–Trinajstić information content (AvgIpc) is 2.98. The first-order chi connectivity index (χ1) is 11.5. The quantitative estimate of drug-likeness (QED) is 0.822. The Hall–Kier alpha value is -1.22. The van der Waals surface area contributed by atoms with Crippen LogP contribution in [0.1, 0.15) is 40.3 Å². The highest BCUT2D eigenvalue weighted by Gasteiger charge is 2.63. The molecule has 0 amide bonds. The van der Waals surface area contributed by atoms with Crippen LogP contribution in [0.4, 0.5) is 5.82 Å². The van der Waals surface area contributed by atoms with Crippen LogP contribution in [0.5, 0.6) is 0 Å². The Bertz CT molecular complexity index is 715. The molecule has 0 spiro atoms. The fourth-order valence-corrected chi connectivity index (χ4v) is 4.57. The maximum Gasteiger partial charge on any atom is 0.351 e. The maximum atomic E-state index is 12.3. The van der Waals surface area contributed by atoms with Crippen LogP contribution >= 0.6 is 0 Å². The van der Waals surface area contributed by atoms with Gasteiger partial charge in [0.1, 0.15) is 23.6 Å². The minimum atomic E-state index is -2.01. The van der Waals surface area contributed by atoms with Crippen molar-refractivity contribution in [2.45, 2.75) is 76.3 Å². The zero-order valence-corrected chi connectivity index (χ0v) is 16.9. The molecule has 2 aliphatic heterocycles. The third-order valence-corrected chi connectivity index (χ3v) is 10.4. The summed E-state index contributed by atoms with van der Waals surface area (Å²) in [5.74, 6) is 0.199. The van der Waals surface area contributed by atoms with Gasteiger partial charge < -0.3 is 19.6 Å². The molecule has 0 radical (unpaired) electrons. The number of aromatic nitrogens is 2. The summed E-state index contributed by atoms with van der Waals surface area (Å²) < 4.78 is 20.5. The highest BCUT2D eigenvalue weighted by atomic mass is 28.4. The van der Waals surface area contributed by atoms with Gasteiger partial charge in [0.15, 0.2) is 14.5 Å². The van der Waals surface area contributed by atoms with Gasteiger partial charge in [0, 0.05) is 6.20 Å². The number of rotatable bonds is 4. The van der Waals surface area contributed by atoms with E-state index in [4.69, 9.17) is 19.6 Å². The van der Waals surface area contributed by atoms with Gasteiger partial charge >= 0.3 is 5.69 Å². The molecule has 2 bridgehead atoms. The zero-order chi connectivity index (χ0) is 18.6. The predicted molar refractivity (Wildman–Crippen MR) is 97.9 cm³/mol. The molecule has 2 fully saturated rings. The van der Waals surface area contributed by atoms with E-state index in [2.05, 4.69) is 45.8 Å². The van der Waals surface area contributed by atoms with E-state index in [0.29, 0.717) is 6.61 Å². The Kier molecular flexibility index (Phi) is 4.38. The molecule has 1 aromatic rings. The normalized spacial score (nSPS) is 32.3. The first kappa shape index (κ1) is 18.6. The Morgan fingerprint density at radius 2 is 2.16 bits per heavy atom. The summed E-state index contributed by atoms with van der Waals surface area (Å²) in [5.41, 5.74) is 4.64. The van der Waals surface area contributed by atoms with Gasteiger partial charge in [0.25, 0.3) is 0 Å². The van der Waals surface area contributed by atoms with Crippen molar-refractivity contribution in [2.75, 3.05) is 12.3 Å². The van der Waals surface area contributed by atoms with Crippen molar-refractivity contribution in [2.24, 2.45) is 0 Å². The number of hydrogen-bond acceptors (Lipinski definition) is 6. The molecular formula is C17H29N3O4Si. The van der Waals surface area contributed by atoms with Gasteiger partial charge in [-0.15, -0.1) is 0 Å². The number of nitrogens with two attached hydrogens (primary N) is 1. The molecule has 140 valence electrons.